The summed E-state index contributed by atoms with van der Waals surface area (Å²) in [6, 6.07) is 11.0. The number of anilines is 1. The molecule has 202 valence electrons. The molecule has 11 heteroatoms. The number of sulfonamides is 1. The van der Waals surface area contributed by atoms with Crippen LogP contribution < -0.4 is 23.8 Å². The highest BCUT2D eigenvalue weighted by Crippen LogP contribution is 2.36. The van der Waals surface area contributed by atoms with Gasteiger partial charge in [0.2, 0.25) is 28.6 Å². The van der Waals surface area contributed by atoms with Gasteiger partial charge in [-0.3, -0.25) is 13.9 Å². The predicted molar refractivity (Wildman–Crippen MR) is 140 cm³/mol. The topological polar surface area (TPSA) is 114 Å². The number of methoxy groups -OCH3 is 1. The lowest BCUT2D eigenvalue weighted by molar-refractivity contribution is -0.139. The molecule has 0 bridgehead atoms. The van der Waals surface area contributed by atoms with E-state index in [1.807, 2.05) is 19.9 Å². The van der Waals surface area contributed by atoms with Crippen molar-refractivity contribution >= 4 is 27.5 Å². The lowest BCUT2D eigenvalue weighted by Crippen LogP contribution is -2.51. The molecule has 0 aliphatic carbocycles. The summed E-state index contributed by atoms with van der Waals surface area (Å²) in [6.07, 6.45) is 0. The number of amides is 2. The van der Waals surface area contributed by atoms with Crippen molar-refractivity contribution in [1.29, 1.82) is 0 Å². The third-order valence-electron chi connectivity index (χ3n) is 5.96. The van der Waals surface area contributed by atoms with Crippen molar-refractivity contribution < 1.29 is 32.2 Å². The highest BCUT2D eigenvalue weighted by molar-refractivity contribution is 7.92. The minimum Gasteiger partial charge on any atom is -0.497 e. The molecule has 1 aliphatic heterocycles. The van der Waals surface area contributed by atoms with Crippen molar-refractivity contribution in [2.45, 2.75) is 40.3 Å². The lowest BCUT2D eigenvalue weighted by Gasteiger charge is -2.32. The quantitative estimate of drug-likeness (QED) is 0.446. The zero-order valence-corrected chi connectivity index (χ0v) is 22.7. The zero-order chi connectivity index (χ0) is 27.2. The van der Waals surface area contributed by atoms with Gasteiger partial charge >= 0.3 is 0 Å². The van der Waals surface area contributed by atoms with Gasteiger partial charge in [0, 0.05) is 19.2 Å². The zero-order valence-electron chi connectivity index (χ0n) is 21.9. The van der Waals surface area contributed by atoms with Crippen LogP contribution in [0.25, 0.3) is 0 Å². The van der Waals surface area contributed by atoms with Crippen molar-refractivity contribution in [1.82, 2.24) is 10.2 Å². The number of carbonyl (C=O) groups excluding carboxylic acids is 2. The number of hydrogen-bond acceptors (Lipinski definition) is 7. The number of nitrogens with zero attached hydrogens (tertiary/aromatic N) is 2. The summed E-state index contributed by atoms with van der Waals surface area (Å²) in [7, 11) is -2.30. The Hall–Kier alpha value is -3.47. The van der Waals surface area contributed by atoms with Gasteiger partial charge in [-0.1, -0.05) is 26.0 Å². The van der Waals surface area contributed by atoms with Crippen LogP contribution >= 0.6 is 0 Å². The first kappa shape index (κ1) is 28.1. The SMILES string of the molecule is CCS(=O)(=O)N(CC(=O)N(Cc1cccc(OC)c1)[C@@H](C)C(=O)NCC(C)C)c1ccc2c(c1)OCO2. The number of hydrogen-bond donors (Lipinski definition) is 1. The van der Waals surface area contributed by atoms with Gasteiger partial charge in [-0.2, -0.15) is 0 Å². The molecule has 0 unspecified atom stereocenters. The van der Waals surface area contributed by atoms with E-state index in [4.69, 9.17) is 14.2 Å². The third kappa shape index (κ3) is 7.06. The highest BCUT2D eigenvalue weighted by Gasteiger charge is 2.31. The molecule has 0 radical (unpaired) electrons. The van der Waals surface area contributed by atoms with Gasteiger partial charge in [0.15, 0.2) is 11.5 Å². The molecule has 37 heavy (non-hydrogen) atoms. The number of ether oxygens (including phenoxy) is 3. The predicted octanol–water partition coefficient (Wildman–Crippen LogP) is 2.77. The number of rotatable bonds is 12. The van der Waals surface area contributed by atoms with E-state index >= 15 is 0 Å². The van der Waals surface area contributed by atoms with Crippen molar-refractivity contribution in [3.63, 3.8) is 0 Å². The second-order valence-electron chi connectivity index (χ2n) is 9.13. The van der Waals surface area contributed by atoms with E-state index in [1.165, 1.54) is 17.9 Å². The smallest absolute Gasteiger partial charge is 0.244 e. The fraction of sp³-hybridized carbons (Fsp3) is 0.462. The van der Waals surface area contributed by atoms with E-state index in [1.54, 1.807) is 44.4 Å². The van der Waals surface area contributed by atoms with Crippen LogP contribution in [-0.4, -0.2) is 63.9 Å². The Morgan fingerprint density at radius 1 is 1.08 bits per heavy atom. The second-order valence-corrected chi connectivity index (χ2v) is 11.3. The first-order chi connectivity index (χ1) is 17.6. The maximum atomic E-state index is 13.7. The van der Waals surface area contributed by atoms with E-state index in [0.717, 1.165) is 9.87 Å². The summed E-state index contributed by atoms with van der Waals surface area (Å²) in [5.41, 5.74) is 1.02. The van der Waals surface area contributed by atoms with Crippen molar-refractivity contribution in [3.05, 3.63) is 48.0 Å². The first-order valence-electron chi connectivity index (χ1n) is 12.2. The molecule has 10 nitrogen and oxygen atoms in total. The van der Waals surface area contributed by atoms with E-state index in [0.29, 0.717) is 23.8 Å². The van der Waals surface area contributed by atoms with Crippen LogP contribution in [-0.2, 0) is 26.2 Å². The third-order valence-corrected chi connectivity index (χ3v) is 7.70. The molecule has 1 heterocycles. The summed E-state index contributed by atoms with van der Waals surface area (Å²) in [5, 5.41) is 2.86. The molecule has 0 aromatic heterocycles. The first-order valence-corrected chi connectivity index (χ1v) is 13.8. The van der Waals surface area contributed by atoms with Crippen molar-refractivity contribution in [2.24, 2.45) is 5.92 Å². The monoisotopic (exact) mass is 533 g/mol. The number of fused-ring (bicyclic) bond motifs is 1. The van der Waals surface area contributed by atoms with E-state index < -0.39 is 28.5 Å². The van der Waals surface area contributed by atoms with Gasteiger partial charge in [0.25, 0.3) is 0 Å². The van der Waals surface area contributed by atoms with Crippen LogP contribution in [0, 0.1) is 5.92 Å². The van der Waals surface area contributed by atoms with Crippen molar-refractivity contribution in [2.75, 3.05) is 37.1 Å². The van der Waals surface area contributed by atoms with Gasteiger partial charge in [-0.05, 0) is 49.6 Å². The summed E-state index contributed by atoms with van der Waals surface area (Å²) in [4.78, 5) is 28.1. The molecule has 2 amide bonds. The molecular formula is C26H35N3O7S. The van der Waals surface area contributed by atoms with Crippen molar-refractivity contribution in [3.8, 4) is 17.2 Å². The Morgan fingerprint density at radius 3 is 2.49 bits per heavy atom. The normalized spacial score (nSPS) is 13.2. The van der Waals surface area contributed by atoms with Gasteiger partial charge in [-0.25, -0.2) is 8.42 Å². The van der Waals surface area contributed by atoms with Crippen LogP contribution in [0.15, 0.2) is 42.5 Å². The van der Waals surface area contributed by atoms with E-state index in [-0.39, 0.29) is 36.6 Å². The Morgan fingerprint density at radius 2 is 1.81 bits per heavy atom. The minimum absolute atomic E-state index is 0.0373. The number of benzene rings is 2. The van der Waals surface area contributed by atoms with Crippen LogP contribution in [0.1, 0.15) is 33.3 Å². The summed E-state index contributed by atoms with van der Waals surface area (Å²) < 4.78 is 43.2. The molecule has 0 fully saturated rings. The molecule has 2 aromatic carbocycles. The average molecular weight is 534 g/mol. The molecule has 0 saturated carbocycles. The Balaban J connectivity index is 1.93. The number of nitrogens with one attached hydrogen (secondary N) is 1. The van der Waals surface area contributed by atoms with Gasteiger partial charge in [-0.15, -0.1) is 0 Å². The van der Waals surface area contributed by atoms with Crippen LogP contribution in [0.5, 0.6) is 17.2 Å². The lowest BCUT2D eigenvalue weighted by atomic mass is 10.1. The fourth-order valence-electron chi connectivity index (χ4n) is 3.76. The van der Waals surface area contributed by atoms with E-state index in [2.05, 4.69) is 5.32 Å². The Bertz CT molecular complexity index is 1220. The van der Waals surface area contributed by atoms with Gasteiger partial charge < -0.3 is 24.4 Å². The minimum atomic E-state index is -3.84. The summed E-state index contributed by atoms with van der Waals surface area (Å²) in [6.45, 7) is 7.19. The Labute approximate surface area is 218 Å². The van der Waals surface area contributed by atoms with Crippen LogP contribution in [0.4, 0.5) is 5.69 Å². The van der Waals surface area contributed by atoms with Crippen LogP contribution in [0.2, 0.25) is 0 Å². The standard InChI is InChI=1S/C26H35N3O7S/c1-6-37(32,33)29(21-10-11-23-24(13-21)36-17-35-23)16-25(30)28(19(4)26(31)27-14-18(2)3)15-20-8-7-9-22(12-20)34-5/h7-13,18-19H,6,14-17H2,1-5H3,(H,27,31)/t19-/m0/s1. The molecule has 0 saturated heterocycles. The van der Waals surface area contributed by atoms with E-state index in [9.17, 15) is 18.0 Å². The van der Waals surface area contributed by atoms with Gasteiger partial charge in [0.1, 0.15) is 18.3 Å². The van der Waals surface area contributed by atoms with Crippen LogP contribution in [0.3, 0.4) is 0 Å². The maximum absolute atomic E-state index is 13.7. The fourth-order valence-corrected chi connectivity index (χ4v) is 4.82. The largest absolute Gasteiger partial charge is 0.497 e. The molecule has 2 aromatic rings. The molecular weight excluding hydrogens is 498 g/mol. The second kappa shape index (κ2) is 12.2. The average Bonchev–Trinajstić information content (AvgIpc) is 3.36. The Kier molecular flexibility index (Phi) is 9.25. The summed E-state index contributed by atoms with van der Waals surface area (Å²) in [5.74, 6) is 0.680. The molecule has 0 spiro atoms. The number of carbonyl (C=O) groups is 2. The molecule has 1 aliphatic rings. The summed E-state index contributed by atoms with van der Waals surface area (Å²) >= 11 is 0. The molecule has 3 rings (SSSR count). The molecule has 1 N–H and O–H groups in total. The highest BCUT2D eigenvalue weighted by atomic mass is 32.2. The molecule has 1 atom stereocenters. The van der Waals surface area contributed by atoms with Gasteiger partial charge in [0.05, 0.1) is 18.6 Å². The maximum Gasteiger partial charge on any atom is 0.244 e.